The number of carbonyl (C=O) groups is 2. The molecule has 0 aromatic rings. The molecular weight excluding hydrogens is 302 g/mol. The third kappa shape index (κ3) is 2.56. The fraction of sp³-hybridized carbons (Fsp3) is 0.692. The van der Waals surface area contributed by atoms with Crippen molar-refractivity contribution in [1.82, 2.24) is 4.90 Å². The normalized spacial score (nSPS) is 34.5. The van der Waals surface area contributed by atoms with Crippen molar-refractivity contribution >= 4 is 35.0 Å². The molecular formula is C13H18ClNO4S. The topological polar surface area (TPSA) is 69.7 Å². The fourth-order valence-electron chi connectivity index (χ4n) is 2.86. The van der Waals surface area contributed by atoms with Crippen LogP contribution in [0.15, 0.2) is 11.8 Å². The molecule has 20 heavy (non-hydrogen) atoms. The van der Waals surface area contributed by atoms with Crippen LogP contribution in [-0.4, -0.2) is 51.3 Å². The van der Waals surface area contributed by atoms with Crippen molar-refractivity contribution in [2.24, 2.45) is 5.92 Å². The smallest absolute Gasteiger partial charge is 0.228 e. The van der Waals surface area contributed by atoms with Crippen LogP contribution in [0.1, 0.15) is 19.8 Å². The molecule has 0 aliphatic carbocycles. The molecule has 2 heterocycles. The van der Waals surface area contributed by atoms with Gasteiger partial charge in [-0.1, -0.05) is 11.6 Å². The second-order valence-corrected chi connectivity index (χ2v) is 8.02. The van der Waals surface area contributed by atoms with Crippen molar-refractivity contribution in [1.29, 1.82) is 0 Å². The van der Waals surface area contributed by atoms with Gasteiger partial charge in [-0.15, -0.1) is 0 Å². The zero-order valence-electron chi connectivity index (χ0n) is 11.5. The standard InChI is InChI=1S/C13H18ClNO4S/c1-3-20(18)13(14)6-11-10(12(17)15(11)8-13)5-4-9(7-16)19-2/h4,7,10-11H,3,5-6,8H2,1-2H3. The predicted molar refractivity (Wildman–Crippen MR) is 76.6 cm³/mol. The molecule has 0 saturated carbocycles. The van der Waals surface area contributed by atoms with Gasteiger partial charge in [0.1, 0.15) is 5.75 Å². The lowest BCUT2D eigenvalue weighted by Gasteiger charge is -2.41. The monoisotopic (exact) mass is 319 g/mol. The number of nitrogens with zero attached hydrogens (tertiary/aromatic N) is 1. The van der Waals surface area contributed by atoms with Crippen LogP contribution < -0.4 is 0 Å². The lowest BCUT2D eigenvalue weighted by molar-refractivity contribution is -0.152. The highest BCUT2D eigenvalue weighted by Gasteiger charge is 2.61. The first-order chi connectivity index (χ1) is 9.46. The summed E-state index contributed by atoms with van der Waals surface area (Å²) in [6.45, 7) is 2.18. The minimum Gasteiger partial charge on any atom is -0.615 e. The zero-order valence-corrected chi connectivity index (χ0v) is 13.1. The molecule has 0 radical (unpaired) electrons. The van der Waals surface area contributed by atoms with Gasteiger partial charge in [0.25, 0.3) is 0 Å². The Labute approximate surface area is 126 Å². The Hall–Kier alpha value is -0.720. The third-order valence-electron chi connectivity index (χ3n) is 3.98. The van der Waals surface area contributed by atoms with Crippen LogP contribution in [-0.2, 0) is 25.5 Å². The molecule has 1 amide bonds. The van der Waals surface area contributed by atoms with E-state index in [1.807, 2.05) is 6.92 Å². The number of hydrogen-bond acceptors (Lipinski definition) is 4. The van der Waals surface area contributed by atoms with Gasteiger partial charge in [0, 0.05) is 6.42 Å². The number of rotatable bonds is 6. The predicted octanol–water partition coefficient (Wildman–Crippen LogP) is 1.04. The van der Waals surface area contributed by atoms with Crippen LogP contribution in [0.25, 0.3) is 0 Å². The van der Waals surface area contributed by atoms with Crippen molar-refractivity contribution in [3.8, 4) is 0 Å². The van der Waals surface area contributed by atoms with E-state index in [0.717, 1.165) is 0 Å². The third-order valence-corrected chi connectivity index (χ3v) is 6.41. The summed E-state index contributed by atoms with van der Waals surface area (Å²) in [5.41, 5.74) is 0. The van der Waals surface area contributed by atoms with E-state index in [4.69, 9.17) is 16.3 Å². The van der Waals surface area contributed by atoms with Crippen molar-refractivity contribution < 1.29 is 18.9 Å². The average molecular weight is 320 g/mol. The molecule has 2 rings (SSSR count). The molecule has 0 bridgehead atoms. The Bertz CT molecular complexity index is 444. The Morgan fingerprint density at radius 2 is 2.40 bits per heavy atom. The highest BCUT2D eigenvalue weighted by Crippen LogP contribution is 2.47. The summed E-state index contributed by atoms with van der Waals surface area (Å²) in [5.74, 6) is 0.545. The number of allylic oxidation sites excluding steroid dienone is 2. The maximum absolute atomic E-state index is 12.0. The van der Waals surface area contributed by atoms with E-state index in [9.17, 15) is 14.1 Å². The minimum absolute atomic E-state index is 0.0169. The van der Waals surface area contributed by atoms with Crippen LogP contribution in [0.4, 0.5) is 0 Å². The van der Waals surface area contributed by atoms with Gasteiger partial charge < -0.3 is 14.2 Å². The quantitative estimate of drug-likeness (QED) is 0.183. The van der Waals surface area contributed by atoms with E-state index in [2.05, 4.69) is 0 Å². The summed E-state index contributed by atoms with van der Waals surface area (Å²) in [5, 5.41) is 0. The number of ether oxygens (including phenoxy) is 1. The highest BCUT2D eigenvalue weighted by atomic mass is 35.5. The molecule has 2 saturated heterocycles. The zero-order chi connectivity index (χ0) is 14.9. The molecule has 2 aliphatic rings. The Kier molecular flexibility index (Phi) is 4.66. The summed E-state index contributed by atoms with van der Waals surface area (Å²) in [7, 11) is 1.42. The fourth-order valence-corrected chi connectivity index (χ4v) is 4.63. The van der Waals surface area contributed by atoms with E-state index < -0.39 is 15.4 Å². The van der Waals surface area contributed by atoms with E-state index in [-0.39, 0.29) is 23.6 Å². The summed E-state index contributed by atoms with van der Waals surface area (Å²) in [4.78, 5) is 24.4. The van der Waals surface area contributed by atoms with Gasteiger partial charge in [0.05, 0.1) is 25.6 Å². The van der Waals surface area contributed by atoms with Gasteiger partial charge in [0.2, 0.25) is 10.1 Å². The van der Waals surface area contributed by atoms with Crippen molar-refractivity contribution in [3.63, 3.8) is 0 Å². The van der Waals surface area contributed by atoms with Crippen molar-refractivity contribution in [2.75, 3.05) is 19.4 Å². The lowest BCUT2D eigenvalue weighted by atomic mass is 9.85. The molecule has 112 valence electrons. The molecule has 0 N–H and O–H groups in total. The maximum atomic E-state index is 12.0. The van der Waals surface area contributed by atoms with E-state index >= 15 is 0 Å². The molecule has 0 aromatic carbocycles. The number of aldehydes is 1. The van der Waals surface area contributed by atoms with E-state index in [0.29, 0.717) is 31.4 Å². The molecule has 0 aromatic heterocycles. The first-order valence-electron chi connectivity index (χ1n) is 6.54. The highest BCUT2D eigenvalue weighted by molar-refractivity contribution is 7.94. The van der Waals surface area contributed by atoms with Crippen LogP contribution >= 0.6 is 11.6 Å². The van der Waals surface area contributed by atoms with E-state index in [1.165, 1.54) is 7.11 Å². The van der Waals surface area contributed by atoms with Crippen LogP contribution in [0.5, 0.6) is 0 Å². The second-order valence-electron chi connectivity index (χ2n) is 5.03. The first kappa shape index (κ1) is 15.7. The maximum Gasteiger partial charge on any atom is 0.228 e. The molecule has 4 atom stereocenters. The van der Waals surface area contributed by atoms with Gasteiger partial charge in [-0.05, 0) is 30.6 Å². The number of methoxy groups -OCH3 is 1. The number of β-lactam (4-membered cyclic amide) rings is 1. The molecule has 2 aliphatic heterocycles. The Morgan fingerprint density at radius 3 is 2.95 bits per heavy atom. The van der Waals surface area contributed by atoms with Crippen molar-refractivity contribution in [3.05, 3.63) is 11.8 Å². The summed E-state index contributed by atoms with van der Waals surface area (Å²) >= 11 is 5.27. The van der Waals surface area contributed by atoms with Gasteiger partial charge in [-0.2, -0.15) is 0 Å². The molecule has 5 nitrogen and oxygen atoms in total. The number of amides is 1. The average Bonchev–Trinajstić information content (AvgIpc) is 2.78. The number of fused-ring (bicyclic) bond motifs is 1. The molecule has 4 unspecified atom stereocenters. The summed E-state index contributed by atoms with van der Waals surface area (Å²) < 4.78 is 16.0. The second kappa shape index (κ2) is 5.95. The van der Waals surface area contributed by atoms with Gasteiger partial charge in [-0.3, -0.25) is 9.59 Å². The lowest BCUT2D eigenvalue weighted by Crippen LogP contribution is -2.57. The first-order valence-corrected chi connectivity index (χ1v) is 8.23. The van der Waals surface area contributed by atoms with Crippen LogP contribution in [0.2, 0.25) is 0 Å². The van der Waals surface area contributed by atoms with E-state index in [1.54, 1.807) is 11.0 Å². The van der Waals surface area contributed by atoms with Gasteiger partial charge >= 0.3 is 0 Å². The Morgan fingerprint density at radius 1 is 1.70 bits per heavy atom. The number of halogens is 1. The summed E-state index contributed by atoms with van der Waals surface area (Å²) in [6, 6.07) is 0.0245. The largest absolute Gasteiger partial charge is 0.615 e. The van der Waals surface area contributed by atoms with Crippen LogP contribution in [0, 0.1) is 5.92 Å². The van der Waals surface area contributed by atoms with Gasteiger partial charge in [-0.25, -0.2) is 0 Å². The number of carbonyl (C=O) groups excluding carboxylic acids is 2. The molecule has 0 spiro atoms. The Balaban J connectivity index is 2.02. The minimum atomic E-state index is -1.14. The number of hydrogen-bond donors (Lipinski definition) is 0. The molecule has 2 fully saturated rings. The molecule has 7 heteroatoms. The SMILES string of the molecule is CC[S+]([O-])C1(Cl)CC2C(CC=C(C=O)OC)C(=O)N2C1. The number of alkyl halides is 1. The van der Waals surface area contributed by atoms with Crippen LogP contribution in [0.3, 0.4) is 0 Å². The van der Waals surface area contributed by atoms with Gasteiger partial charge in [0.15, 0.2) is 12.0 Å². The van der Waals surface area contributed by atoms with Crippen molar-refractivity contribution in [2.45, 2.75) is 30.0 Å². The summed E-state index contributed by atoms with van der Waals surface area (Å²) in [6.07, 6.45) is 3.24.